The molecule has 0 spiro atoms. The van der Waals surface area contributed by atoms with E-state index in [0.29, 0.717) is 23.8 Å². The van der Waals surface area contributed by atoms with E-state index in [0.717, 1.165) is 13.1 Å². The van der Waals surface area contributed by atoms with E-state index in [1.165, 1.54) is 12.0 Å². The van der Waals surface area contributed by atoms with E-state index in [2.05, 4.69) is 63.3 Å². The molecule has 1 aromatic carbocycles. The summed E-state index contributed by atoms with van der Waals surface area (Å²) in [5.41, 5.74) is 7.24. The molecule has 0 radical (unpaired) electrons. The van der Waals surface area contributed by atoms with Crippen molar-refractivity contribution >= 4 is 0 Å². The summed E-state index contributed by atoms with van der Waals surface area (Å²) in [6, 6.07) is 11.2. The van der Waals surface area contributed by atoms with Crippen molar-refractivity contribution in [2.45, 2.75) is 40.2 Å². The van der Waals surface area contributed by atoms with Crippen molar-refractivity contribution in [3.05, 3.63) is 35.9 Å². The molecule has 2 nitrogen and oxygen atoms in total. The predicted molar refractivity (Wildman–Crippen MR) is 84.0 cm³/mol. The van der Waals surface area contributed by atoms with Crippen LogP contribution in [0.2, 0.25) is 0 Å². The molecule has 0 aliphatic heterocycles. The first-order valence-electron chi connectivity index (χ1n) is 7.53. The van der Waals surface area contributed by atoms with Crippen LogP contribution < -0.4 is 11.1 Å². The minimum atomic E-state index is 0.439. The minimum Gasteiger partial charge on any atom is -0.330 e. The summed E-state index contributed by atoms with van der Waals surface area (Å²) < 4.78 is 0. The minimum absolute atomic E-state index is 0.439. The van der Waals surface area contributed by atoms with Gasteiger partial charge in [-0.05, 0) is 42.8 Å². The molecule has 0 bridgehead atoms. The van der Waals surface area contributed by atoms with E-state index in [4.69, 9.17) is 5.73 Å². The van der Waals surface area contributed by atoms with E-state index in [-0.39, 0.29) is 0 Å². The topological polar surface area (TPSA) is 38.0 Å². The van der Waals surface area contributed by atoms with Crippen molar-refractivity contribution in [3.63, 3.8) is 0 Å². The lowest BCUT2D eigenvalue weighted by atomic mass is 9.93. The van der Waals surface area contributed by atoms with Crippen molar-refractivity contribution in [2.24, 2.45) is 23.5 Å². The zero-order valence-corrected chi connectivity index (χ0v) is 12.9. The number of nitrogens with one attached hydrogen (secondary N) is 1. The maximum atomic E-state index is 5.86. The number of benzene rings is 1. The molecule has 19 heavy (non-hydrogen) atoms. The van der Waals surface area contributed by atoms with Crippen molar-refractivity contribution in [1.82, 2.24) is 5.32 Å². The van der Waals surface area contributed by atoms with Gasteiger partial charge < -0.3 is 11.1 Å². The molecule has 2 heteroatoms. The summed E-state index contributed by atoms with van der Waals surface area (Å²) in [4.78, 5) is 0. The molecule has 0 saturated carbocycles. The lowest BCUT2D eigenvalue weighted by Crippen LogP contribution is -2.34. The lowest BCUT2D eigenvalue weighted by molar-refractivity contribution is 0.333. The van der Waals surface area contributed by atoms with Crippen LogP contribution in [0.25, 0.3) is 0 Å². The third-order valence-electron chi connectivity index (χ3n) is 3.78. The zero-order chi connectivity index (χ0) is 14.3. The average molecular weight is 262 g/mol. The van der Waals surface area contributed by atoms with Gasteiger partial charge in [-0.15, -0.1) is 0 Å². The Kier molecular flexibility index (Phi) is 7.11. The van der Waals surface area contributed by atoms with E-state index in [1.807, 2.05) is 0 Å². The summed E-state index contributed by atoms with van der Waals surface area (Å²) in [6.45, 7) is 10.8. The van der Waals surface area contributed by atoms with Crippen molar-refractivity contribution in [1.29, 1.82) is 0 Å². The molecule has 0 aliphatic carbocycles. The van der Waals surface area contributed by atoms with Gasteiger partial charge in [0.1, 0.15) is 0 Å². The molecule has 0 heterocycles. The second kappa shape index (κ2) is 8.34. The summed E-state index contributed by atoms with van der Waals surface area (Å²) >= 11 is 0. The van der Waals surface area contributed by atoms with Crippen LogP contribution in [-0.4, -0.2) is 13.1 Å². The maximum absolute atomic E-state index is 5.86. The van der Waals surface area contributed by atoms with Crippen LogP contribution in [0.3, 0.4) is 0 Å². The summed E-state index contributed by atoms with van der Waals surface area (Å²) in [6.07, 6.45) is 1.17. The first kappa shape index (κ1) is 16.2. The Hall–Kier alpha value is -0.860. The molecule has 1 aromatic rings. The van der Waals surface area contributed by atoms with Crippen LogP contribution in [-0.2, 0) is 0 Å². The normalized spacial score (nSPS) is 14.9. The predicted octanol–water partition coefficient (Wildman–Crippen LogP) is 3.59. The van der Waals surface area contributed by atoms with Gasteiger partial charge in [0.25, 0.3) is 0 Å². The van der Waals surface area contributed by atoms with Gasteiger partial charge >= 0.3 is 0 Å². The van der Waals surface area contributed by atoms with Crippen LogP contribution >= 0.6 is 0 Å². The molecule has 3 N–H and O–H groups in total. The largest absolute Gasteiger partial charge is 0.330 e. The molecular weight excluding hydrogens is 232 g/mol. The highest BCUT2D eigenvalue weighted by Crippen LogP contribution is 2.21. The van der Waals surface area contributed by atoms with E-state index < -0.39 is 0 Å². The molecule has 0 amide bonds. The fourth-order valence-corrected chi connectivity index (χ4v) is 2.38. The highest BCUT2D eigenvalue weighted by Gasteiger charge is 2.16. The molecule has 2 unspecified atom stereocenters. The van der Waals surface area contributed by atoms with Gasteiger partial charge in [-0.25, -0.2) is 0 Å². The van der Waals surface area contributed by atoms with Gasteiger partial charge in [0.2, 0.25) is 0 Å². The lowest BCUT2D eigenvalue weighted by Gasteiger charge is -2.26. The molecule has 0 fully saturated rings. The summed E-state index contributed by atoms with van der Waals surface area (Å²) in [7, 11) is 0. The van der Waals surface area contributed by atoms with Gasteiger partial charge in [-0.3, -0.25) is 0 Å². The van der Waals surface area contributed by atoms with Gasteiger partial charge in [-0.1, -0.05) is 58.0 Å². The Bertz CT molecular complexity index is 332. The van der Waals surface area contributed by atoms with Crippen LogP contribution in [0.4, 0.5) is 0 Å². The summed E-state index contributed by atoms with van der Waals surface area (Å²) in [5.74, 6) is 1.87. The third-order valence-corrected chi connectivity index (χ3v) is 3.78. The molecule has 0 aliphatic rings. The zero-order valence-electron chi connectivity index (χ0n) is 12.9. The van der Waals surface area contributed by atoms with Gasteiger partial charge in [0.05, 0.1) is 0 Å². The van der Waals surface area contributed by atoms with E-state index in [9.17, 15) is 0 Å². The Morgan fingerprint density at radius 3 is 2.16 bits per heavy atom. The van der Waals surface area contributed by atoms with Crippen LogP contribution in [0, 0.1) is 17.8 Å². The second-order valence-electron chi connectivity index (χ2n) is 6.24. The monoisotopic (exact) mass is 262 g/mol. The number of hydrogen-bond acceptors (Lipinski definition) is 2. The van der Waals surface area contributed by atoms with Gasteiger partial charge in [0.15, 0.2) is 0 Å². The molecular formula is C17H30N2. The van der Waals surface area contributed by atoms with Crippen LogP contribution in [0.1, 0.15) is 45.7 Å². The highest BCUT2D eigenvalue weighted by atomic mass is 14.9. The van der Waals surface area contributed by atoms with Crippen molar-refractivity contribution in [2.75, 3.05) is 13.1 Å². The second-order valence-corrected chi connectivity index (χ2v) is 6.24. The molecule has 0 aromatic heterocycles. The van der Waals surface area contributed by atoms with Crippen LogP contribution in [0.15, 0.2) is 30.3 Å². The molecule has 1 rings (SSSR count). The number of rotatable bonds is 8. The quantitative estimate of drug-likeness (QED) is 0.751. The fraction of sp³-hybridized carbons (Fsp3) is 0.647. The molecule has 108 valence electrons. The third kappa shape index (κ3) is 5.75. The Balaban J connectivity index is 2.65. The average Bonchev–Trinajstić information content (AvgIpc) is 2.38. The Labute approximate surface area is 118 Å². The van der Waals surface area contributed by atoms with E-state index in [1.54, 1.807) is 0 Å². The Morgan fingerprint density at radius 1 is 1.05 bits per heavy atom. The van der Waals surface area contributed by atoms with Gasteiger partial charge in [0, 0.05) is 6.04 Å². The SMILES string of the molecule is CC(C)CC(NCC(CN)C(C)C)c1ccccc1. The van der Waals surface area contributed by atoms with Crippen molar-refractivity contribution < 1.29 is 0 Å². The highest BCUT2D eigenvalue weighted by molar-refractivity contribution is 5.18. The smallest absolute Gasteiger partial charge is 0.0322 e. The first-order chi connectivity index (χ1) is 9.04. The van der Waals surface area contributed by atoms with Crippen molar-refractivity contribution in [3.8, 4) is 0 Å². The number of hydrogen-bond donors (Lipinski definition) is 2. The van der Waals surface area contributed by atoms with Gasteiger partial charge in [-0.2, -0.15) is 0 Å². The van der Waals surface area contributed by atoms with E-state index >= 15 is 0 Å². The molecule has 0 saturated heterocycles. The first-order valence-corrected chi connectivity index (χ1v) is 7.53. The number of nitrogens with two attached hydrogens (primary N) is 1. The maximum Gasteiger partial charge on any atom is 0.0322 e. The standard InChI is InChI=1S/C17H30N2/c1-13(2)10-17(15-8-6-5-7-9-15)19-12-16(11-18)14(3)4/h5-9,13-14,16-17,19H,10-12,18H2,1-4H3. The summed E-state index contributed by atoms with van der Waals surface area (Å²) in [5, 5.41) is 3.72. The Morgan fingerprint density at radius 2 is 1.68 bits per heavy atom. The van der Waals surface area contributed by atoms with Crippen LogP contribution in [0.5, 0.6) is 0 Å². The fourth-order valence-electron chi connectivity index (χ4n) is 2.38. The molecule has 2 atom stereocenters.